The van der Waals surface area contributed by atoms with Gasteiger partial charge in [0.15, 0.2) is 0 Å². The van der Waals surface area contributed by atoms with Gasteiger partial charge in [-0.2, -0.15) is 0 Å². The Balaban J connectivity index is 2.31. The van der Waals surface area contributed by atoms with Crippen LogP contribution in [0.25, 0.3) is 0 Å². The Morgan fingerprint density at radius 2 is 1.86 bits per heavy atom. The summed E-state index contributed by atoms with van der Waals surface area (Å²) < 4.78 is 0. The van der Waals surface area contributed by atoms with Crippen LogP contribution >= 0.6 is 0 Å². The fourth-order valence-corrected chi connectivity index (χ4v) is 4.07. The zero-order valence-electron chi connectivity index (χ0n) is 14.8. The summed E-state index contributed by atoms with van der Waals surface area (Å²) in [5.74, 6) is 2.35. The summed E-state index contributed by atoms with van der Waals surface area (Å²) in [6.45, 7) is 12.9. The van der Waals surface area contributed by atoms with Crippen molar-refractivity contribution in [3.8, 4) is 0 Å². The van der Waals surface area contributed by atoms with E-state index in [0.29, 0.717) is 5.41 Å². The first-order chi connectivity index (χ1) is 9.82. The van der Waals surface area contributed by atoms with Gasteiger partial charge in [0, 0.05) is 0 Å². The number of hydrogen-bond donors (Lipinski definition) is 1. The van der Waals surface area contributed by atoms with Crippen molar-refractivity contribution in [1.29, 1.82) is 0 Å². The first-order valence-corrected chi connectivity index (χ1v) is 8.54. The van der Waals surface area contributed by atoms with Crippen LogP contribution < -0.4 is 5.32 Å². The highest BCUT2D eigenvalue weighted by Crippen LogP contribution is 2.47. The van der Waals surface area contributed by atoms with Crippen LogP contribution in [0.2, 0.25) is 0 Å². The van der Waals surface area contributed by atoms with Crippen LogP contribution in [0.1, 0.15) is 62.6 Å². The number of hydrogen-bond acceptors (Lipinski definition) is 1. The predicted molar refractivity (Wildman–Crippen MR) is 92.9 cm³/mol. The lowest BCUT2D eigenvalue weighted by atomic mass is 9.63. The molecule has 1 nitrogen and oxygen atoms in total. The molecule has 1 heteroatoms. The molecule has 0 saturated heterocycles. The van der Waals surface area contributed by atoms with Gasteiger partial charge in [-0.1, -0.05) is 44.5 Å². The van der Waals surface area contributed by atoms with E-state index in [9.17, 15) is 0 Å². The van der Waals surface area contributed by atoms with Crippen molar-refractivity contribution in [2.24, 2.45) is 17.3 Å². The van der Waals surface area contributed by atoms with Gasteiger partial charge in [0.2, 0.25) is 0 Å². The molecule has 1 aromatic carbocycles. The van der Waals surface area contributed by atoms with Gasteiger partial charge in [0.05, 0.1) is 0 Å². The Kier molecular flexibility index (Phi) is 5.14. The molecule has 1 saturated carbocycles. The van der Waals surface area contributed by atoms with E-state index < -0.39 is 0 Å². The maximum absolute atomic E-state index is 3.42. The van der Waals surface area contributed by atoms with E-state index in [-0.39, 0.29) is 0 Å². The average Bonchev–Trinajstić information content (AvgIpc) is 2.41. The third-order valence-electron chi connectivity index (χ3n) is 5.52. The Hall–Kier alpha value is -0.820. The molecular weight excluding hydrogens is 254 g/mol. The van der Waals surface area contributed by atoms with E-state index in [1.807, 2.05) is 0 Å². The van der Waals surface area contributed by atoms with Crippen LogP contribution in [0, 0.1) is 31.1 Å². The molecule has 0 heterocycles. The van der Waals surface area contributed by atoms with Crippen LogP contribution in [-0.4, -0.2) is 13.6 Å². The molecule has 21 heavy (non-hydrogen) atoms. The van der Waals surface area contributed by atoms with Gasteiger partial charge in [-0.05, 0) is 81.0 Å². The van der Waals surface area contributed by atoms with Crippen LogP contribution in [0.15, 0.2) is 18.2 Å². The lowest BCUT2D eigenvalue weighted by molar-refractivity contribution is 0.130. The molecule has 0 spiro atoms. The van der Waals surface area contributed by atoms with Crippen molar-refractivity contribution >= 4 is 0 Å². The van der Waals surface area contributed by atoms with Crippen molar-refractivity contribution in [1.82, 2.24) is 5.32 Å². The molecule has 0 radical (unpaired) electrons. The van der Waals surface area contributed by atoms with E-state index in [1.54, 1.807) is 5.56 Å². The zero-order valence-corrected chi connectivity index (χ0v) is 14.8. The van der Waals surface area contributed by atoms with E-state index in [0.717, 1.165) is 24.3 Å². The SMILES string of the molecule is CNCC1CCC(C(C)(C)C)CC1c1cc(C)ccc1C. The molecule has 0 aromatic heterocycles. The van der Waals surface area contributed by atoms with Gasteiger partial charge < -0.3 is 5.32 Å². The third kappa shape index (κ3) is 3.88. The summed E-state index contributed by atoms with van der Waals surface area (Å²) in [6, 6.07) is 6.99. The minimum absolute atomic E-state index is 0.431. The molecule has 1 aromatic rings. The molecule has 2 rings (SSSR count). The minimum atomic E-state index is 0.431. The highest BCUT2D eigenvalue weighted by molar-refractivity contribution is 5.34. The zero-order chi connectivity index (χ0) is 15.6. The summed E-state index contributed by atoms with van der Waals surface area (Å²) >= 11 is 0. The highest BCUT2D eigenvalue weighted by Gasteiger charge is 2.36. The summed E-state index contributed by atoms with van der Waals surface area (Å²) in [6.07, 6.45) is 4.10. The van der Waals surface area contributed by atoms with Gasteiger partial charge in [-0.25, -0.2) is 0 Å². The number of nitrogens with one attached hydrogen (secondary N) is 1. The number of aryl methyl sites for hydroxylation is 2. The van der Waals surface area contributed by atoms with Gasteiger partial charge in [0.25, 0.3) is 0 Å². The molecular formula is C20H33N. The first kappa shape index (κ1) is 16.5. The Bertz CT molecular complexity index is 469. The molecule has 0 amide bonds. The molecule has 1 fully saturated rings. The highest BCUT2D eigenvalue weighted by atomic mass is 14.8. The second-order valence-electron chi connectivity index (χ2n) is 8.16. The molecule has 3 unspecified atom stereocenters. The monoisotopic (exact) mass is 287 g/mol. The number of rotatable bonds is 3. The lowest BCUT2D eigenvalue weighted by Gasteiger charge is -2.42. The molecule has 1 aliphatic carbocycles. The van der Waals surface area contributed by atoms with Crippen molar-refractivity contribution < 1.29 is 0 Å². The summed E-state index contributed by atoms with van der Waals surface area (Å²) in [5, 5.41) is 3.42. The van der Waals surface area contributed by atoms with Crippen LogP contribution in [-0.2, 0) is 0 Å². The minimum Gasteiger partial charge on any atom is -0.319 e. The molecule has 1 N–H and O–H groups in total. The molecule has 0 bridgehead atoms. The van der Waals surface area contributed by atoms with Crippen LogP contribution in [0.4, 0.5) is 0 Å². The van der Waals surface area contributed by atoms with Crippen LogP contribution in [0.3, 0.4) is 0 Å². The largest absolute Gasteiger partial charge is 0.319 e. The quantitative estimate of drug-likeness (QED) is 0.818. The molecule has 1 aliphatic rings. The van der Waals surface area contributed by atoms with E-state index in [2.05, 4.69) is 65.2 Å². The summed E-state index contributed by atoms with van der Waals surface area (Å²) in [4.78, 5) is 0. The second kappa shape index (κ2) is 6.52. The van der Waals surface area contributed by atoms with Gasteiger partial charge in [0.1, 0.15) is 0 Å². The standard InChI is InChI=1S/C20H33N/c1-14-7-8-15(2)18(11-14)19-12-17(20(3,4)5)10-9-16(19)13-21-6/h7-8,11,16-17,19,21H,9-10,12-13H2,1-6H3. The topological polar surface area (TPSA) is 12.0 Å². The summed E-state index contributed by atoms with van der Waals surface area (Å²) in [5.41, 5.74) is 4.91. The lowest BCUT2D eigenvalue weighted by Crippen LogP contribution is -2.35. The smallest absolute Gasteiger partial charge is 0.00177 e. The fraction of sp³-hybridized carbons (Fsp3) is 0.700. The first-order valence-electron chi connectivity index (χ1n) is 8.54. The molecule has 0 aliphatic heterocycles. The van der Waals surface area contributed by atoms with E-state index in [4.69, 9.17) is 0 Å². The predicted octanol–water partition coefficient (Wildman–Crippen LogP) is 5.07. The van der Waals surface area contributed by atoms with Gasteiger partial charge in [-0.15, -0.1) is 0 Å². The Labute approximate surface area is 131 Å². The average molecular weight is 287 g/mol. The van der Waals surface area contributed by atoms with Gasteiger partial charge >= 0.3 is 0 Å². The Morgan fingerprint density at radius 3 is 2.48 bits per heavy atom. The fourth-order valence-electron chi connectivity index (χ4n) is 4.07. The van der Waals surface area contributed by atoms with E-state index >= 15 is 0 Å². The van der Waals surface area contributed by atoms with E-state index in [1.165, 1.54) is 30.4 Å². The van der Waals surface area contributed by atoms with Crippen molar-refractivity contribution in [2.75, 3.05) is 13.6 Å². The van der Waals surface area contributed by atoms with Crippen molar-refractivity contribution in [2.45, 2.75) is 59.8 Å². The normalized spacial score (nSPS) is 26.9. The van der Waals surface area contributed by atoms with Gasteiger partial charge in [-0.3, -0.25) is 0 Å². The third-order valence-corrected chi connectivity index (χ3v) is 5.52. The summed E-state index contributed by atoms with van der Waals surface area (Å²) in [7, 11) is 2.09. The Morgan fingerprint density at radius 1 is 1.14 bits per heavy atom. The maximum atomic E-state index is 3.42. The van der Waals surface area contributed by atoms with Crippen LogP contribution in [0.5, 0.6) is 0 Å². The van der Waals surface area contributed by atoms with Crippen molar-refractivity contribution in [3.05, 3.63) is 34.9 Å². The second-order valence-corrected chi connectivity index (χ2v) is 8.16. The molecule has 118 valence electrons. The number of benzene rings is 1. The maximum Gasteiger partial charge on any atom is -0.00177 e. The molecule has 3 atom stereocenters. The van der Waals surface area contributed by atoms with Crippen molar-refractivity contribution in [3.63, 3.8) is 0 Å².